The molecule has 22 heavy (non-hydrogen) atoms. The molecule has 0 saturated heterocycles. The van der Waals surface area contributed by atoms with Gasteiger partial charge < -0.3 is 20.9 Å². The first-order valence-electron chi connectivity index (χ1n) is 7.32. The average molecular weight is 351 g/mol. The summed E-state index contributed by atoms with van der Waals surface area (Å²) in [5, 5.41) is 0. The van der Waals surface area contributed by atoms with Crippen LogP contribution in [0.25, 0.3) is 0 Å². The van der Waals surface area contributed by atoms with Gasteiger partial charge in [-0.15, -0.1) is 24.8 Å². The molecule has 0 radical (unpaired) electrons. The standard InChI is InChI=1S/C16H26N2O2.2ClH/c1-19-14-4-3-12(11-15(14)20-2)5-8-16(18)9-6-13(17)7-10-16;;/h3-4,11,13H,5-10,17-18H2,1-2H3;2*1H. The molecule has 2 rings (SSSR count). The zero-order chi connectivity index (χ0) is 14.6. The van der Waals surface area contributed by atoms with Gasteiger partial charge in [0, 0.05) is 11.6 Å². The monoisotopic (exact) mass is 350 g/mol. The Morgan fingerprint density at radius 1 is 1.09 bits per heavy atom. The SMILES string of the molecule is COc1ccc(CCC2(N)CCC(N)CC2)cc1OC.Cl.Cl. The Morgan fingerprint density at radius 2 is 1.68 bits per heavy atom. The van der Waals surface area contributed by atoms with Crippen molar-refractivity contribution in [1.29, 1.82) is 0 Å². The molecule has 0 aromatic heterocycles. The molecule has 0 heterocycles. The van der Waals surface area contributed by atoms with E-state index in [1.807, 2.05) is 12.1 Å². The van der Waals surface area contributed by atoms with Crippen LogP contribution in [0.2, 0.25) is 0 Å². The molecular weight excluding hydrogens is 323 g/mol. The summed E-state index contributed by atoms with van der Waals surface area (Å²) in [6, 6.07) is 6.41. The zero-order valence-corrected chi connectivity index (χ0v) is 15.0. The third-order valence-corrected chi connectivity index (χ3v) is 4.39. The average Bonchev–Trinajstić information content (AvgIpc) is 2.48. The van der Waals surface area contributed by atoms with Gasteiger partial charge in [-0.1, -0.05) is 6.07 Å². The minimum Gasteiger partial charge on any atom is -0.493 e. The Balaban J connectivity index is 0.00000220. The quantitative estimate of drug-likeness (QED) is 0.855. The van der Waals surface area contributed by atoms with Gasteiger partial charge >= 0.3 is 0 Å². The Kier molecular flexibility index (Phi) is 9.16. The molecule has 1 saturated carbocycles. The van der Waals surface area contributed by atoms with Crippen molar-refractivity contribution in [2.45, 2.75) is 50.1 Å². The smallest absolute Gasteiger partial charge is 0.160 e. The second-order valence-corrected chi connectivity index (χ2v) is 5.89. The molecule has 0 aliphatic heterocycles. The predicted molar refractivity (Wildman–Crippen MR) is 95.7 cm³/mol. The molecule has 6 heteroatoms. The van der Waals surface area contributed by atoms with Crippen LogP contribution in [0.1, 0.15) is 37.7 Å². The van der Waals surface area contributed by atoms with Gasteiger partial charge in [-0.05, 0) is 56.2 Å². The molecule has 4 N–H and O–H groups in total. The first-order valence-corrected chi connectivity index (χ1v) is 7.32. The number of methoxy groups -OCH3 is 2. The molecule has 0 bridgehead atoms. The Labute approximate surface area is 145 Å². The molecule has 4 nitrogen and oxygen atoms in total. The van der Waals surface area contributed by atoms with Gasteiger partial charge in [0.05, 0.1) is 14.2 Å². The van der Waals surface area contributed by atoms with Gasteiger partial charge in [0.25, 0.3) is 0 Å². The van der Waals surface area contributed by atoms with Crippen molar-refractivity contribution in [2.75, 3.05) is 14.2 Å². The first kappa shape index (κ1) is 21.3. The van der Waals surface area contributed by atoms with E-state index in [1.54, 1.807) is 14.2 Å². The molecule has 0 atom stereocenters. The van der Waals surface area contributed by atoms with Crippen molar-refractivity contribution >= 4 is 24.8 Å². The maximum absolute atomic E-state index is 6.48. The van der Waals surface area contributed by atoms with Gasteiger partial charge in [-0.2, -0.15) is 0 Å². The molecule has 0 unspecified atom stereocenters. The highest BCUT2D eigenvalue weighted by Crippen LogP contribution is 2.32. The summed E-state index contributed by atoms with van der Waals surface area (Å²) >= 11 is 0. The predicted octanol–water partition coefficient (Wildman–Crippen LogP) is 3.08. The molecule has 1 fully saturated rings. The fourth-order valence-electron chi connectivity index (χ4n) is 2.89. The molecule has 1 aromatic carbocycles. The van der Waals surface area contributed by atoms with Crippen LogP contribution < -0.4 is 20.9 Å². The molecular formula is C16H28Cl2N2O2. The molecule has 0 spiro atoms. The van der Waals surface area contributed by atoms with Crippen LogP contribution in [-0.2, 0) is 6.42 Å². The highest BCUT2D eigenvalue weighted by atomic mass is 35.5. The van der Waals surface area contributed by atoms with Crippen LogP contribution in [0.15, 0.2) is 18.2 Å². The van der Waals surface area contributed by atoms with Gasteiger partial charge in [0.15, 0.2) is 11.5 Å². The van der Waals surface area contributed by atoms with Crippen molar-refractivity contribution in [2.24, 2.45) is 11.5 Å². The van der Waals surface area contributed by atoms with E-state index in [-0.39, 0.29) is 30.4 Å². The minimum atomic E-state index is -0.0525. The van der Waals surface area contributed by atoms with E-state index in [1.165, 1.54) is 5.56 Å². The number of nitrogens with two attached hydrogens (primary N) is 2. The third-order valence-electron chi connectivity index (χ3n) is 4.39. The molecule has 1 aliphatic carbocycles. The number of rotatable bonds is 5. The lowest BCUT2D eigenvalue weighted by molar-refractivity contribution is 0.258. The number of aryl methyl sites for hydroxylation is 1. The lowest BCUT2D eigenvalue weighted by Gasteiger charge is -2.36. The summed E-state index contributed by atoms with van der Waals surface area (Å²) in [7, 11) is 3.31. The van der Waals surface area contributed by atoms with E-state index >= 15 is 0 Å². The van der Waals surface area contributed by atoms with E-state index in [4.69, 9.17) is 20.9 Å². The normalized spacial score (nSPS) is 23.9. The number of hydrogen-bond acceptors (Lipinski definition) is 4. The van der Waals surface area contributed by atoms with E-state index < -0.39 is 0 Å². The van der Waals surface area contributed by atoms with Crippen molar-refractivity contribution in [3.63, 3.8) is 0 Å². The summed E-state index contributed by atoms with van der Waals surface area (Å²) in [5.41, 5.74) is 13.6. The van der Waals surface area contributed by atoms with Crippen LogP contribution in [0.5, 0.6) is 11.5 Å². The van der Waals surface area contributed by atoms with Crippen LogP contribution in [0, 0.1) is 0 Å². The van der Waals surface area contributed by atoms with Crippen LogP contribution in [0.3, 0.4) is 0 Å². The van der Waals surface area contributed by atoms with E-state index in [2.05, 4.69) is 6.07 Å². The van der Waals surface area contributed by atoms with E-state index in [0.29, 0.717) is 6.04 Å². The summed E-state index contributed by atoms with van der Waals surface area (Å²) < 4.78 is 10.6. The number of ether oxygens (including phenoxy) is 2. The molecule has 1 aromatic rings. The highest BCUT2D eigenvalue weighted by Gasteiger charge is 2.29. The third kappa shape index (κ3) is 5.51. The Hall–Kier alpha value is -0.680. The minimum absolute atomic E-state index is 0. The number of halogens is 2. The lowest BCUT2D eigenvalue weighted by atomic mass is 9.77. The molecule has 128 valence electrons. The largest absolute Gasteiger partial charge is 0.493 e. The van der Waals surface area contributed by atoms with Crippen molar-refractivity contribution in [1.82, 2.24) is 0 Å². The summed E-state index contributed by atoms with van der Waals surface area (Å²) in [6.45, 7) is 0. The zero-order valence-electron chi connectivity index (χ0n) is 13.3. The van der Waals surface area contributed by atoms with Crippen LogP contribution in [-0.4, -0.2) is 25.8 Å². The van der Waals surface area contributed by atoms with Gasteiger partial charge in [-0.3, -0.25) is 0 Å². The van der Waals surface area contributed by atoms with Gasteiger partial charge in [0.2, 0.25) is 0 Å². The van der Waals surface area contributed by atoms with Gasteiger partial charge in [-0.25, -0.2) is 0 Å². The summed E-state index contributed by atoms with van der Waals surface area (Å²) in [4.78, 5) is 0. The topological polar surface area (TPSA) is 70.5 Å². The number of benzene rings is 1. The molecule has 1 aliphatic rings. The van der Waals surface area contributed by atoms with E-state index in [9.17, 15) is 0 Å². The van der Waals surface area contributed by atoms with Crippen molar-refractivity contribution in [3.8, 4) is 11.5 Å². The van der Waals surface area contributed by atoms with Crippen LogP contribution >= 0.6 is 24.8 Å². The number of hydrogen-bond donors (Lipinski definition) is 2. The Morgan fingerprint density at radius 3 is 2.23 bits per heavy atom. The second kappa shape index (κ2) is 9.46. The maximum Gasteiger partial charge on any atom is 0.160 e. The first-order chi connectivity index (χ1) is 9.56. The lowest BCUT2D eigenvalue weighted by Crippen LogP contribution is -2.46. The maximum atomic E-state index is 6.48. The van der Waals surface area contributed by atoms with Crippen molar-refractivity contribution in [3.05, 3.63) is 23.8 Å². The second-order valence-electron chi connectivity index (χ2n) is 5.89. The van der Waals surface area contributed by atoms with E-state index in [0.717, 1.165) is 50.0 Å². The van der Waals surface area contributed by atoms with Crippen molar-refractivity contribution < 1.29 is 9.47 Å². The fraction of sp³-hybridized carbons (Fsp3) is 0.625. The Bertz CT molecular complexity index is 450. The molecule has 0 amide bonds. The fourth-order valence-corrected chi connectivity index (χ4v) is 2.89. The summed E-state index contributed by atoms with van der Waals surface area (Å²) in [6.07, 6.45) is 6.11. The van der Waals surface area contributed by atoms with Gasteiger partial charge in [0.1, 0.15) is 0 Å². The van der Waals surface area contributed by atoms with Crippen LogP contribution in [0.4, 0.5) is 0 Å². The summed E-state index contributed by atoms with van der Waals surface area (Å²) in [5.74, 6) is 1.55. The highest BCUT2D eigenvalue weighted by molar-refractivity contribution is 5.85.